The average molecular weight is 356 g/mol. The van der Waals surface area contributed by atoms with E-state index < -0.39 is 0 Å². The van der Waals surface area contributed by atoms with Gasteiger partial charge in [-0.2, -0.15) is 5.26 Å². The lowest BCUT2D eigenvalue weighted by Gasteiger charge is -2.09. The summed E-state index contributed by atoms with van der Waals surface area (Å²) < 4.78 is 0.858. The Hall–Kier alpha value is -1.21. The zero-order chi connectivity index (χ0) is 13.8. The Kier molecular flexibility index (Phi) is 4.71. The highest BCUT2D eigenvalue weighted by atomic mass is 79.9. The third-order valence-corrected chi connectivity index (χ3v) is 4.17. The van der Waals surface area contributed by atoms with E-state index in [2.05, 4.69) is 27.3 Å². The molecule has 1 N–H and O–H groups in total. The molecule has 0 aliphatic carbocycles. The monoisotopic (exact) mass is 354 g/mol. The van der Waals surface area contributed by atoms with Crippen molar-refractivity contribution in [3.05, 3.63) is 62.0 Å². The molecule has 0 heterocycles. The first-order valence-corrected chi connectivity index (χ1v) is 7.02. The summed E-state index contributed by atoms with van der Waals surface area (Å²) >= 11 is 15.5. The van der Waals surface area contributed by atoms with Crippen molar-refractivity contribution in [2.75, 3.05) is 5.32 Å². The van der Waals surface area contributed by atoms with Crippen LogP contribution >= 0.6 is 39.1 Å². The molecule has 0 amide bonds. The van der Waals surface area contributed by atoms with Gasteiger partial charge in [-0.3, -0.25) is 0 Å². The predicted octanol–water partition coefficient (Wildman–Crippen LogP) is 5.24. The lowest BCUT2D eigenvalue weighted by molar-refractivity contribution is 1.15. The second-order valence-electron chi connectivity index (χ2n) is 3.90. The zero-order valence-corrected chi connectivity index (χ0v) is 12.9. The van der Waals surface area contributed by atoms with Crippen LogP contribution in [0.5, 0.6) is 0 Å². The Balaban J connectivity index is 2.10. The second-order valence-corrected chi connectivity index (χ2v) is 5.57. The van der Waals surface area contributed by atoms with Gasteiger partial charge in [0.2, 0.25) is 0 Å². The minimum Gasteiger partial charge on any atom is -0.381 e. The fourth-order valence-electron chi connectivity index (χ4n) is 1.56. The molecule has 5 heteroatoms. The van der Waals surface area contributed by atoms with Crippen LogP contribution < -0.4 is 5.32 Å². The molecular formula is C14H9BrCl2N2. The topological polar surface area (TPSA) is 35.8 Å². The molecule has 0 atom stereocenters. The maximum atomic E-state index is 8.77. The van der Waals surface area contributed by atoms with E-state index in [-0.39, 0.29) is 0 Å². The van der Waals surface area contributed by atoms with E-state index >= 15 is 0 Å². The molecule has 0 fully saturated rings. The molecule has 96 valence electrons. The van der Waals surface area contributed by atoms with E-state index in [4.69, 9.17) is 28.5 Å². The fraction of sp³-hybridized carbons (Fsp3) is 0.0714. The number of nitriles is 1. The number of halogens is 3. The summed E-state index contributed by atoms with van der Waals surface area (Å²) in [4.78, 5) is 0. The molecule has 2 rings (SSSR count). The Morgan fingerprint density at radius 3 is 2.53 bits per heavy atom. The van der Waals surface area contributed by atoms with E-state index in [1.54, 1.807) is 12.1 Å². The van der Waals surface area contributed by atoms with Gasteiger partial charge in [0, 0.05) is 21.7 Å². The Morgan fingerprint density at radius 2 is 1.89 bits per heavy atom. The average Bonchev–Trinajstić information content (AvgIpc) is 2.41. The van der Waals surface area contributed by atoms with Gasteiger partial charge in [-0.05, 0) is 51.8 Å². The van der Waals surface area contributed by atoms with Crippen molar-refractivity contribution in [3.63, 3.8) is 0 Å². The van der Waals surface area contributed by atoms with Crippen LogP contribution in [0.1, 0.15) is 11.1 Å². The van der Waals surface area contributed by atoms with Crippen molar-refractivity contribution in [2.45, 2.75) is 6.54 Å². The van der Waals surface area contributed by atoms with Gasteiger partial charge in [0.15, 0.2) is 0 Å². The molecule has 2 aromatic carbocycles. The van der Waals surface area contributed by atoms with Gasteiger partial charge in [0.25, 0.3) is 0 Å². The summed E-state index contributed by atoms with van der Waals surface area (Å²) in [5.74, 6) is 0. The Bertz CT molecular complexity index is 650. The van der Waals surface area contributed by atoms with Crippen molar-refractivity contribution in [3.8, 4) is 6.07 Å². The minimum absolute atomic E-state index is 0.556. The maximum Gasteiger partial charge on any atom is 0.0992 e. The predicted molar refractivity (Wildman–Crippen MR) is 82.6 cm³/mol. The number of hydrogen-bond donors (Lipinski definition) is 1. The molecule has 0 aromatic heterocycles. The van der Waals surface area contributed by atoms with Gasteiger partial charge in [-0.1, -0.05) is 29.3 Å². The van der Waals surface area contributed by atoms with Crippen LogP contribution in [-0.4, -0.2) is 0 Å². The molecule has 0 saturated heterocycles. The van der Waals surface area contributed by atoms with Crippen LogP contribution in [0.4, 0.5) is 5.69 Å². The van der Waals surface area contributed by atoms with Crippen LogP contribution in [0.3, 0.4) is 0 Å². The normalized spacial score (nSPS) is 10.0. The largest absolute Gasteiger partial charge is 0.381 e. The SMILES string of the molecule is N#Cc1ccc(CNc2ccc(Br)c(Cl)c2)c(Cl)c1. The molecule has 0 radical (unpaired) electrons. The summed E-state index contributed by atoms with van der Waals surface area (Å²) in [5, 5.41) is 13.2. The lowest BCUT2D eigenvalue weighted by Crippen LogP contribution is -2.00. The molecule has 19 heavy (non-hydrogen) atoms. The summed E-state index contributed by atoms with van der Waals surface area (Å²) in [6.07, 6.45) is 0. The number of nitrogens with zero attached hydrogens (tertiary/aromatic N) is 1. The van der Waals surface area contributed by atoms with Crippen LogP contribution in [0, 0.1) is 11.3 Å². The fourth-order valence-corrected chi connectivity index (χ4v) is 2.24. The summed E-state index contributed by atoms with van der Waals surface area (Å²) in [6, 6.07) is 12.9. The van der Waals surface area contributed by atoms with Crippen LogP contribution in [0.15, 0.2) is 40.9 Å². The van der Waals surface area contributed by atoms with Crippen molar-refractivity contribution in [1.82, 2.24) is 0 Å². The van der Waals surface area contributed by atoms with Crippen molar-refractivity contribution >= 4 is 44.8 Å². The van der Waals surface area contributed by atoms with Gasteiger partial charge >= 0.3 is 0 Å². The molecule has 0 aliphatic heterocycles. The first-order chi connectivity index (χ1) is 9.10. The first kappa shape index (κ1) is 14.2. The third-order valence-electron chi connectivity index (χ3n) is 2.58. The number of anilines is 1. The molecule has 0 unspecified atom stereocenters. The molecule has 2 aromatic rings. The van der Waals surface area contributed by atoms with E-state index in [0.717, 1.165) is 15.7 Å². The first-order valence-electron chi connectivity index (χ1n) is 5.47. The van der Waals surface area contributed by atoms with Crippen LogP contribution in [0.25, 0.3) is 0 Å². The molecule has 2 nitrogen and oxygen atoms in total. The maximum absolute atomic E-state index is 8.77. The minimum atomic E-state index is 0.556. The van der Waals surface area contributed by atoms with Crippen molar-refractivity contribution in [2.24, 2.45) is 0 Å². The van der Waals surface area contributed by atoms with Gasteiger partial charge in [0.05, 0.1) is 16.7 Å². The highest BCUT2D eigenvalue weighted by molar-refractivity contribution is 9.10. The molecule has 0 bridgehead atoms. The highest BCUT2D eigenvalue weighted by Crippen LogP contribution is 2.26. The van der Waals surface area contributed by atoms with Gasteiger partial charge in [-0.25, -0.2) is 0 Å². The zero-order valence-electron chi connectivity index (χ0n) is 9.75. The quantitative estimate of drug-likeness (QED) is 0.817. The number of rotatable bonds is 3. The van der Waals surface area contributed by atoms with Crippen LogP contribution in [-0.2, 0) is 6.54 Å². The molecule has 0 aliphatic rings. The van der Waals surface area contributed by atoms with Gasteiger partial charge < -0.3 is 5.32 Å². The molecule has 0 saturated carbocycles. The molecule has 0 spiro atoms. The summed E-state index contributed by atoms with van der Waals surface area (Å²) in [7, 11) is 0. The Morgan fingerprint density at radius 1 is 1.11 bits per heavy atom. The van der Waals surface area contributed by atoms with E-state index in [1.165, 1.54) is 0 Å². The van der Waals surface area contributed by atoms with Crippen molar-refractivity contribution in [1.29, 1.82) is 5.26 Å². The van der Waals surface area contributed by atoms with E-state index in [1.807, 2.05) is 24.3 Å². The van der Waals surface area contributed by atoms with Gasteiger partial charge in [0.1, 0.15) is 0 Å². The number of nitrogens with one attached hydrogen (secondary N) is 1. The second kappa shape index (κ2) is 6.29. The van der Waals surface area contributed by atoms with Crippen molar-refractivity contribution < 1.29 is 0 Å². The summed E-state index contributed by atoms with van der Waals surface area (Å²) in [5.41, 5.74) is 2.40. The lowest BCUT2D eigenvalue weighted by atomic mass is 10.1. The van der Waals surface area contributed by atoms with Gasteiger partial charge in [-0.15, -0.1) is 0 Å². The Labute approximate surface area is 130 Å². The number of hydrogen-bond acceptors (Lipinski definition) is 2. The number of benzene rings is 2. The molecular weight excluding hydrogens is 347 g/mol. The standard InChI is InChI=1S/C14H9BrCl2N2/c15-12-4-3-11(6-14(12)17)19-8-10-2-1-9(7-18)5-13(10)16/h1-6,19H,8H2. The van der Waals surface area contributed by atoms with E-state index in [0.29, 0.717) is 22.2 Å². The summed E-state index contributed by atoms with van der Waals surface area (Å²) in [6.45, 7) is 0.572. The smallest absolute Gasteiger partial charge is 0.0992 e. The third kappa shape index (κ3) is 3.63. The van der Waals surface area contributed by atoms with E-state index in [9.17, 15) is 0 Å². The van der Waals surface area contributed by atoms with Crippen LogP contribution in [0.2, 0.25) is 10.0 Å². The highest BCUT2D eigenvalue weighted by Gasteiger charge is 2.03.